The number of hydrogen-bond acceptors (Lipinski definition) is 2. The van der Waals surface area contributed by atoms with E-state index in [9.17, 15) is 9.18 Å². The average molecular weight is 561 g/mol. The van der Waals surface area contributed by atoms with E-state index in [-0.39, 0.29) is 23.8 Å². The summed E-state index contributed by atoms with van der Waals surface area (Å²) in [5, 5.41) is 4.23. The van der Waals surface area contributed by atoms with Gasteiger partial charge in [-0.3, -0.25) is 4.79 Å². The number of ether oxygens (including phenoxy) is 1. The lowest BCUT2D eigenvalue weighted by molar-refractivity contribution is -0.000603. The molecule has 1 unspecified atom stereocenters. The summed E-state index contributed by atoms with van der Waals surface area (Å²) < 4.78 is 22.1. The number of fused-ring (bicyclic) bond motifs is 1. The van der Waals surface area contributed by atoms with Gasteiger partial charge in [-0.25, -0.2) is 4.39 Å². The highest BCUT2D eigenvalue weighted by Crippen LogP contribution is 2.55. The first-order chi connectivity index (χ1) is 19.2. The Morgan fingerprint density at radius 1 is 1.20 bits per heavy atom. The van der Waals surface area contributed by atoms with Crippen molar-refractivity contribution in [1.82, 2.24) is 9.88 Å². The van der Waals surface area contributed by atoms with Crippen LogP contribution in [-0.4, -0.2) is 23.6 Å². The van der Waals surface area contributed by atoms with Gasteiger partial charge in [0.15, 0.2) is 0 Å². The van der Waals surface area contributed by atoms with Crippen LogP contribution in [0.5, 0.6) is 0 Å². The maximum Gasteiger partial charge on any atom is 0.253 e. The zero-order chi connectivity index (χ0) is 28.4. The second-order valence-corrected chi connectivity index (χ2v) is 11.7. The van der Waals surface area contributed by atoms with Gasteiger partial charge < -0.3 is 14.6 Å². The Labute approximate surface area is 241 Å². The van der Waals surface area contributed by atoms with Gasteiger partial charge in [-0.1, -0.05) is 61.4 Å². The second-order valence-electron chi connectivity index (χ2n) is 11.3. The molecule has 40 heavy (non-hydrogen) atoms. The first kappa shape index (κ1) is 28.2. The Kier molecular flexibility index (Phi) is 8.23. The molecule has 0 radical (unpaired) electrons. The molecule has 1 heterocycles. The standard InChI is InChI=1S/C34H38ClFN2O2/c1-5-6-8-26(19-30(35)23(3)40-4)25-11-9-24(10-12-25)22(2)38-18-15-28-31(36)14-13-29(32(28)38)33(39)37-27-20-34(21-27)16-7-17-34/h6,8-15,18-19,22,27H,5,7,16-17,20-21H2,1-4H3,(H,37,39)/b8-6-,26-19+,30-23-. The molecule has 4 nitrogen and oxygen atoms in total. The fourth-order valence-corrected chi connectivity index (χ4v) is 6.31. The summed E-state index contributed by atoms with van der Waals surface area (Å²) in [4.78, 5) is 13.4. The largest absolute Gasteiger partial charge is 0.500 e. The molecule has 6 heteroatoms. The molecule has 0 saturated heterocycles. The highest BCUT2D eigenvalue weighted by Gasteiger charge is 2.48. The molecule has 2 saturated carbocycles. The number of rotatable bonds is 9. The molecule has 1 atom stereocenters. The Morgan fingerprint density at radius 2 is 1.93 bits per heavy atom. The van der Waals surface area contributed by atoms with Crippen molar-refractivity contribution >= 4 is 34.0 Å². The van der Waals surface area contributed by atoms with Gasteiger partial charge >= 0.3 is 0 Å². The summed E-state index contributed by atoms with van der Waals surface area (Å²) in [6, 6.07) is 13.2. The SMILES string of the molecule is CC\C=C/C(=C\C(Cl)=C(/C)OC)c1ccc(C(C)n2ccc3c(F)ccc(C(=O)NC4CC5(CCC5)C4)c32)cc1. The van der Waals surface area contributed by atoms with Crippen molar-refractivity contribution in [2.45, 2.75) is 71.4 Å². The molecule has 2 aliphatic carbocycles. The van der Waals surface area contributed by atoms with Gasteiger partial charge in [-0.15, -0.1) is 0 Å². The maximum atomic E-state index is 14.9. The van der Waals surface area contributed by atoms with E-state index in [1.54, 1.807) is 19.2 Å². The Bertz CT molecular complexity index is 1490. The third-order valence-corrected chi connectivity index (χ3v) is 9.15. The fraction of sp³-hybridized carbons (Fsp3) is 0.382. The van der Waals surface area contributed by atoms with Crippen LogP contribution in [0.25, 0.3) is 16.5 Å². The summed E-state index contributed by atoms with van der Waals surface area (Å²) in [6.45, 7) is 6.00. The molecule has 1 N–H and O–H groups in total. The van der Waals surface area contributed by atoms with Gasteiger partial charge in [0.1, 0.15) is 11.6 Å². The second kappa shape index (κ2) is 11.7. The van der Waals surface area contributed by atoms with Gasteiger partial charge in [-0.05, 0) is 92.3 Å². The Morgan fingerprint density at radius 3 is 2.55 bits per heavy atom. The van der Waals surface area contributed by atoms with E-state index in [2.05, 4.69) is 55.6 Å². The summed E-state index contributed by atoms with van der Waals surface area (Å²) in [5.74, 6) is 0.208. The van der Waals surface area contributed by atoms with Crippen LogP contribution >= 0.6 is 11.6 Å². The van der Waals surface area contributed by atoms with Gasteiger partial charge in [0, 0.05) is 17.6 Å². The van der Waals surface area contributed by atoms with E-state index in [0.717, 1.165) is 36.0 Å². The quantitative estimate of drug-likeness (QED) is 0.210. The van der Waals surface area contributed by atoms with Crippen LogP contribution in [0.3, 0.4) is 0 Å². The number of benzene rings is 2. The molecule has 5 rings (SSSR count). The molecule has 2 fully saturated rings. The average Bonchev–Trinajstić information content (AvgIpc) is 3.37. The number of allylic oxidation sites excluding steroid dienone is 6. The minimum atomic E-state index is -0.321. The third-order valence-electron chi connectivity index (χ3n) is 8.78. The van der Waals surface area contributed by atoms with Gasteiger partial charge in [0.2, 0.25) is 0 Å². The molecule has 0 bridgehead atoms. The first-order valence-corrected chi connectivity index (χ1v) is 14.6. The molecular formula is C34H38ClFN2O2. The number of methoxy groups -OCH3 is 1. The maximum absolute atomic E-state index is 14.9. The zero-order valence-corrected chi connectivity index (χ0v) is 24.5. The monoisotopic (exact) mass is 560 g/mol. The summed E-state index contributed by atoms with van der Waals surface area (Å²) >= 11 is 6.46. The number of aromatic nitrogens is 1. The minimum Gasteiger partial charge on any atom is -0.500 e. The van der Waals surface area contributed by atoms with Gasteiger partial charge in [0.05, 0.1) is 29.3 Å². The van der Waals surface area contributed by atoms with Crippen molar-refractivity contribution < 1.29 is 13.9 Å². The van der Waals surface area contributed by atoms with Crippen LogP contribution in [0.2, 0.25) is 0 Å². The molecule has 2 aromatic carbocycles. The molecule has 2 aliphatic rings. The van der Waals surface area contributed by atoms with E-state index in [0.29, 0.717) is 32.7 Å². The number of nitrogens with zero attached hydrogens (tertiary/aromatic N) is 1. The summed E-state index contributed by atoms with van der Waals surface area (Å²) in [7, 11) is 1.60. The van der Waals surface area contributed by atoms with E-state index in [4.69, 9.17) is 16.3 Å². The summed E-state index contributed by atoms with van der Waals surface area (Å²) in [5.41, 5.74) is 4.68. The van der Waals surface area contributed by atoms with Crippen LogP contribution in [0.1, 0.15) is 86.8 Å². The topological polar surface area (TPSA) is 43.3 Å². The molecule has 1 spiro atoms. The minimum absolute atomic E-state index is 0.111. The molecular weight excluding hydrogens is 523 g/mol. The van der Waals surface area contributed by atoms with Crippen LogP contribution in [0.15, 0.2) is 77.7 Å². The van der Waals surface area contributed by atoms with Crippen molar-refractivity contribution in [2.24, 2.45) is 5.41 Å². The zero-order valence-electron chi connectivity index (χ0n) is 23.8. The van der Waals surface area contributed by atoms with Crippen molar-refractivity contribution in [1.29, 1.82) is 0 Å². The van der Waals surface area contributed by atoms with Crippen LogP contribution < -0.4 is 5.32 Å². The molecule has 1 amide bonds. The number of halogens is 2. The van der Waals surface area contributed by atoms with Crippen molar-refractivity contribution in [3.63, 3.8) is 0 Å². The first-order valence-electron chi connectivity index (χ1n) is 14.2. The van der Waals surface area contributed by atoms with Crippen LogP contribution in [0, 0.1) is 11.2 Å². The number of nitrogens with one attached hydrogen (secondary N) is 1. The lowest BCUT2D eigenvalue weighted by atomic mass is 9.54. The summed E-state index contributed by atoms with van der Waals surface area (Å²) in [6.07, 6.45) is 14.8. The lowest BCUT2D eigenvalue weighted by Crippen LogP contribution is -2.53. The third kappa shape index (κ3) is 5.49. The van der Waals surface area contributed by atoms with Crippen LogP contribution in [-0.2, 0) is 4.74 Å². The fourth-order valence-electron chi connectivity index (χ4n) is 6.11. The smallest absolute Gasteiger partial charge is 0.253 e. The molecule has 3 aromatic rings. The highest BCUT2D eigenvalue weighted by atomic mass is 35.5. The van der Waals surface area contributed by atoms with E-state index in [1.807, 2.05) is 23.8 Å². The predicted molar refractivity (Wildman–Crippen MR) is 162 cm³/mol. The highest BCUT2D eigenvalue weighted by molar-refractivity contribution is 6.32. The lowest BCUT2D eigenvalue weighted by Gasteiger charge is -2.54. The number of amides is 1. The number of hydrogen-bond donors (Lipinski definition) is 1. The van der Waals surface area contributed by atoms with Crippen molar-refractivity contribution in [3.05, 3.63) is 100 Å². The van der Waals surface area contributed by atoms with E-state index >= 15 is 0 Å². The van der Waals surface area contributed by atoms with Gasteiger partial charge in [0.25, 0.3) is 5.91 Å². The Balaban J connectivity index is 1.42. The van der Waals surface area contributed by atoms with E-state index in [1.165, 1.54) is 25.3 Å². The van der Waals surface area contributed by atoms with Crippen molar-refractivity contribution in [2.75, 3.05) is 7.11 Å². The van der Waals surface area contributed by atoms with Crippen molar-refractivity contribution in [3.8, 4) is 0 Å². The molecule has 0 aliphatic heterocycles. The molecule has 1 aromatic heterocycles. The molecule has 210 valence electrons. The number of carbonyl (C=O) groups is 1. The van der Waals surface area contributed by atoms with Gasteiger partial charge in [-0.2, -0.15) is 0 Å². The van der Waals surface area contributed by atoms with E-state index < -0.39 is 0 Å². The van der Waals surface area contributed by atoms with Crippen LogP contribution in [0.4, 0.5) is 4.39 Å². The predicted octanol–water partition coefficient (Wildman–Crippen LogP) is 8.92. The number of carbonyl (C=O) groups excluding carboxylic acids is 1. The normalized spacial score (nSPS) is 18.4. The Hall–Kier alpha value is -3.31.